The van der Waals surface area contributed by atoms with E-state index in [9.17, 15) is 9.59 Å². The van der Waals surface area contributed by atoms with Crippen molar-refractivity contribution in [3.63, 3.8) is 0 Å². The molecule has 34 heavy (non-hydrogen) atoms. The average Bonchev–Trinajstić information content (AvgIpc) is 3.21. The smallest absolute Gasteiger partial charge is 0.224 e. The van der Waals surface area contributed by atoms with E-state index in [2.05, 4.69) is 24.1 Å². The second kappa shape index (κ2) is 9.09. The molecule has 178 valence electrons. The monoisotopic (exact) mass is 479 g/mol. The van der Waals surface area contributed by atoms with Gasteiger partial charge in [-0.3, -0.25) is 9.59 Å². The minimum atomic E-state index is -0.360. The molecule has 7 nitrogen and oxygen atoms in total. The Bertz CT molecular complexity index is 1250. The number of fused-ring (bicyclic) bond motifs is 3. The number of morpholine rings is 1. The number of benzene rings is 1. The van der Waals surface area contributed by atoms with E-state index < -0.39 is 0 Å². The number of rotatable bonds is 5. The molecule has 0 saturated carbocycles. The lowest BCUT2D eigenvalue weighted by Gasteiger charge is -2.36. The van der Waals surface area contributed by atoms with Crippen LogP contribution < -0.4 is 10.2 Å². The highest BCUT2D eigenvalue weighted by molar-refractivity contribution is 7.21. The summed E-state index contributed by atoms with van der Waals surface area (Å²) in [6.07, 6.45) is 0.996. The lowest BCUT2D eigenvalue weighted by molar-refractivity contribution is -0.115. The van der Waals surface area contributed by atoms with Gasteiger partial charge in [0.05, 0.1) is 31.1 Å². The maximum atomic E-state index is 13.6. The van der Waals surface area contributed by atoms with E-state index in [1.54, 1.807) is 12.1 Å². The Labute approximate surface area is 203 Å². The Morgan fingerprint density at radius 2 is 1.88 bits per heavy atom. The summed E-state index contributed by atoms with van der Waals surface area (Å²) in [6, 6.07) is 9.19. The van der Waals surface area contributed by atoms with Crippen molar-refractivity contribution >= 4 is 44.7 Å². The number of thiophene rings is 1. The minimum absolute atomic E-state index is 0.108. The van der Waals surface area contributed by atoms with Gasteiger partial charge < -0.3 is 19.7 Å². The molecule has 0 spiro atoms. The summed E-state index contributed by atoms with van der Waals surface area (Å²) in [5.74, 6) is 0.664. The van der Waals surface area contributed by atoms with Crippen LogP contribution in [0.25, 0.3) is 10.2 Å². The summed E-state index contributed by atoms with van der Waals surface area (Å²) in [5.41, 5.74) is 2.96. The number of nitrogens with one attached hydrogen (secondary N) is 1. The first-order chi connectivity index (χ1) is 16.4. The molecule has 0 atom stereocenters. The van der Waals surface area contributed by atoms with Gasteiger partial charge >= 0.3 is 0 Å². The molecule has 0 radical (unpaired) electrons. The van der Waals surface area contributed by atoms with Gasteiger partial charge in [0, 0.05) is 42.4 Å². The van der Waals surface area contributed by atoms with Crippen LogP contribution in [0.15, 0.2) is 30.3 Å². The lowest BCUT2D eigenvalue weighted by Crippen LogP contribution is -2.39. The van der Waals surface area contributed by atoms with Crippen LogP contribution in [0.1, 0.15) is 53.6 Å². The van der Waals surface area contributed by atoms with Gasteiger partial charge in [-0.05, 0) is 19.4 Å². The molecule has 5 rings (SSSR count). The molecule has 8 heteroatoms. The number of hydrogen-bond donors (Lipinski definition) is 1. The van der Waals surface area contributed by atoms with E-state index in [1.807, 2.05) is 25.1 Å². The number of anilines is 2. The van der Waals surface area contributed by atoms with E-state index in [1.165, 1.54) is 11.3 Å². The molecular formula is C26H29N3O4S. The Balaban J connectivity index is 1.75. The van der Waals surface area contributed by atoms with Crippen LogP contribution in [0, 0.1) is 0 Å². The fourth-order valence-corrected chi connectivity index (χ4v) is 5.70. The van der Waals surface area contributed by atoms with Crippen LogP contribution in [0.4, 0.5) is 11.5 Å². The number of nitrogens with zero attached hydrogens (tertiary/aromatic N) is 2. The highest BCUT2D eigenvalue weighted by atomic mass is 32.1. The summed E-state index contributed by atoms with van der Waals surface area (Å²) < 4.78 is 11.7. The number of amides is 1. The van der Waals surface area contributed by atoms with Crippen LogP contribution in [-0.4, -0.2) is 48.6 Å². The second-order valence-electron chi connectivity index (χ2n) is 9.30. The summed E-state index contributed by atoms with van der Waals surface area (Å²) in [5, 5.41) is 3.92. The summed E-state index contributed by atoms with van der Waals surface area (Å²) >= 11 is 1.36. The van der Waals surface area contributed by atoms with E-state index >= 15 is 0 Å². The molecule has 0 aliphatic carbocycles. The van der Waals surface area contributed by atoms with E-state index in [4.69, 9.17) is 14.5 Å². The van der Waals surface area contributed by atoms with Crippen molar-refractivity contribution < 1.29 is 19.1 Å². The largest absolute Gasteiger partial charge is 0.378 e. The number of aromatic nitrogens is 1. The number of hydrogen-bond acceptors (Lipinski definition) is 7. The Morgan fingerprint density at radius 1 is 1.15 bits per heavy atom. The van der Waals surface area contributed by atoms with Crippen molar-refractivity contribution in [1.82, 2.24) is 4.98 Å². The SMILES string of the molecule is CCC(=O)Nc1c(C(=O)c2ccccc2)sc2nc(N3CCOCC3)c3c(c12)CC(C)(C)OC3. The Morgan fingerprint density at radius 3 is 2.59 bits per heavy atom. The van der Waals surface area contributed by atoms with Gasteiger partial charge in [0.2, 0.25) is 11.7 Å². The molecule has 2 aliphatic rings. The molecule has 3 aromatic rings. The van der Waals surface area contributed by atoms with Crippen molar-refractivity contribution in [2.45, 2.75) is 45.8 Å². The zero-order chi connectivity index (χ0) is 23.9. The molecule has 2 aromatic heterocycles. The first kappa shape index (κ1) is 23.0. The molecule has 1 amide bonds. The molecule has 1 aromatic carbocycles. The Kier molecular flexibility index (Phi) is 6.14. The van der Waals surface area contributed by atoms with Crippen LogP contribution in [0.5, 0.6) is 0 Å². The predicted octanol–water partition coefficient (Wildman–Crippen LogP) is 4.56. The number of ether oxygens (including phenoxy) is 2. The summed E-state index contributed by atoms with van der Waals surface area (Å²) in [6.45, 7) is 9.22. The minimum Gasteiger partial charge on any atom is -0.378 e. The summed E-state index contributed by atoms with van der Waals surface area (Å²) in [4.78, 5) is 34.7. The zero-order valence-electron chi connectivity index (χ0n) is 19.8. The van der Waals surface area contributed by atoms with Crippen LogP contribution in [-0.2, 0) is 27.3 Å². The highest BCUT2D eigenvalue weighted by Crippen LogP contribution is 2.45. The van der Waals surface area contributed by atoms with Crippen molar-refractivity contribution in [3.05, 3.63) is 51.9 Å². The maximum absolute atomic E-state index is 13.6. The molecular weight excluding hydrogens is 450 g/mol. The molecule has 2 aliphatic heterocycles. The normalized spacial score (nSPS) is 17.4. The third kappa shape index (κ3) is 4.21. The molecule has 0 bridgehead atoms. The highest BCUT2D eigenvalue weighted by Gasteiger charge is 2.35. The number of carbonyl (C=O) groups excluding carboxylic acids is 2. The van der Waals surface area contributed by atoms with Gasteiger partial charge in [-0.15, -0.1) is 11.3 Å². The molecule has 0 unspecified atom stereocenters. The summed E-state index contributed by atoms with van der Waals surface area (Å²) in [7, 11) is 0. The standard InChI is InChI=1S/C26H29N3O4S/c1-4-19(30)27-21-20-17-14-26(2,3)33-15-18(17)24(29-10-12-32-13-11-29)28-25(20)34-23(21)22(31)16-8-6-5-7-9-16/h5-9H,4,10-15H2,1-3H3,(H,27,30). The zero-order valence-corrected chi connectivity index (χ0v) is 20.6. The molecule has 1 saturated heterocycles. The van der Waals surface area contributed by atoms with Crippen LogP contribution in [0.2, 0.25) is 0 Å². The van der Waals surface area contributed by atoms with Gasteiger partial charge in [0.15, 0.2) is 0 Å². The van der Waals surface area contributed by atoms with Gasteiger partial charge in [-0.2, -0.15) is 0 Å². The van der Waals surface area contributed by atoms with E-state index in [0.29, 0.717) is 48.8 Å². The van der Waals surface area contributed by atoms with Crippen molar-refractivity contribution in [2.75, 3.05) is 36.5 Å². The fraction of sp³-hybridized carbons (Fsp3) is 0.423. The molecule has 1 fully saturated rings. The Hall–Kier alpha value is -2.81. The average molecular weight is 480 g/mol. The van der Waals surface area contributed by atoms with Crippen molar-refractivity contribution in [3.8, 4) is 0 Å². The number of ketones is 1. The van der Waals surface area contributed by atoms with Crippen molar-refractivity contribution in [1.29, 1.82) is 0 Å². The van der Waals surface area contributed by atoms with Gasteiger partial charge in [-0.1, -0.05) is 37.3 Å². The van der Waals surface area contributed by atoms with Gasteiger partial charge in [0.25, 0.3) is 0 Å². The number of pyridine rings is 1. The third-order valence-corrected chi connectivity index (χ3v) is 7.46. The van der Waals surface area contributed by atoms with Crippen LogP contribution in [0.3, 0.4) is 0 Å². The van der Waals surface area contributed by atoms with E-state index in [-0.39, 0.29) is 17.3 Å². The van der Waals surface area contributed by atoms with E-state index in [0.717, 1.165) is 40.3 Å². The predicted molar refractivity (Wildman–Crippen MR) is 134 cm³/mol. The molecule has 1 N–H and O–H groups in total. The van der Waals surface area contributed by atoms with Gasteiger partial charge in [0.1, 0.15) is 15.5 Å². The number of carbonyl (C=O) groups is 2. The quantitative estimate of drug-likeness (QED) is 0.540. The van der Waals surface area contributed by atoms with Crippen LogP contribution >= 0.6 is 11.3 Å². The first-order valence-electron chi connectivity index (χ1n) is 11.7. The topological polar surface area (TPSA) is 80.8 Å². The van der Waals surface area contributed by atoms with Gasteiger partial charge in [-0.25, -0.2) is 4.98 Å². The van der Waals surface area contributed by atoms with Crippen molar-refractivity contribution in [2.24, 2.45) is 0 Å². The fourth-order valence-electron chi connectivity index (χ4n) is 4.58. The first-order valence-corrected chi connectivity index (χ1v) is 12.5. The molecule has 4 heterocycles. The second-order valence-corrected chi connectivity index (χ2v) is 10.3. The third-order valence-electron chi connectivity index (χ3n) is 6.38. The maximum Gasteiger partial charge on any atom is 0.224 e. The lowest BCUT2D eigenvalue weighted by atomic mass is 9.89.